The van der Waals surface area contributed by atoms with Crippen LogP contribution in [-0.4, -0.2) is 17.6 Å². The first kappa shape index (κ1) is 15.2. The van der Waals surface area contributed by atoms with Gasteiger partial charge in [-0.05, 0) is 50.6 Å². The Morgan fingerprint density at radius 2 is 2.10 bits per heavy atom. The molecule has 0 spiro atoms. The predicted octanol–water partition coefficient (Wildman–Crippen LogP) is 3.68. The quantitative estimate of drug-likeness (QED) is 0.807. The van der Waals surface area contributed by atoms with Crippen LogP contribution in [0.5, 0.6) is 5.88 Å². The highest BCUT2D eigenvalue weighted by atomic mass is 19.1. The Morgan fingerprint density at radius 3 is 2.80 bits per heavy atom. The fourth-order valence-electron chi connectivity index (χ4n) is 2.59. The summed E-state index contributed by atoms with van der Waals surface area (Å²) in [6.45, 7) is 5.77. The van der Waals surface area contributed by atoms with Crippen molar-refractivity contribution >= 4 is 0 Å². The van der Waals surface area contributed by atoms with Gasteiger partial charge in [-0.2, -0.15) is 0 Å². The Labute approximate surface area is 120 Å². The minimum absolute atomic E-state index is 0.118. The standard InChI is InChI=1S/C16H25FN2O/c1-3-9-18-11-13-8-10-19-16(15(13)17)20-14-6-4-12(2)5-7-14/h8,10,12,14,18H,3-7,9,11H2,1-2H3. The molecule has 1 aliphatic rings. The van der Waals surface area contributed by atoms with E-state index in [-0.39, 0.29) is 17.8 Å². The topological polar surface area (TPSA) is 34.2 Å². The zero-order chi connectivity index (χ0) is 14.4. The van der Waals surface area contributed by atoms with Gasteiger partial charge in [-0.1, -0.05) is 13.8 Å². The zero-order valence-corrected chi connectivity index (χ0v) is 12.5. The molecule has 1 aromatic heterocycles. The molecule has 1 fully saturated rings. The molecule has 4 heteroatoms. The number of pyridine rings is 1. The van der Waals surface area contributed by atoms with E-state index in [2.05, 4.69) is 24.1 Å². The van der Waals surface area contributed by atoms with E-state index in [0.717, 1.165) is 44.6 Å². The zero-order valence-electron chi connectivity index (χ0n) is 12.5. The van der Waals surface area contributed by atoms with Crippen LogP contribution in [0.2, 0.25) is 0 Å². The van der Waals surface area contributed by atoms with Crippen molar-refractivity contribution in [1.29, 1.82) is 0 Å². The number of nitrogens with one attached hydrogen (secondary N) is 1. The Balaban J connectivity index is 1.95. The van der Waals surface area contributed by atoms with Gasteiger partial charge >= 0.3 is 0 Å². The fraction of sp³-hybridized carbons (Fsp3) is 0.688. The molecule has 0 atom stereocenters. The summed E-state index contributed by atoms with van der Waals surface area (Å²) < 4.78 is 20.1. The van der Waals surface area contributed by atoms with Crippen LogP contribution in [-0.2, 0) is 6.54 Å². The molecule has 3 nitrogen and oxygen atoms in total. The number of nitrogens with zero attached hydrogens (tertiary/aromatic N) is 1. The molecular weight excluding hydrogens is 255 g/mol. The molecule has 0 amide bonds. The van der Waals surface area contributed by atoms with Crippen LogP contribution in [0, 0.1) is 11.7 Å². The normalized spacial score (nSPS) is 22.8. The molecule has 0 aromatic carbocycles. The van der Waals surface area contributed by atoms with Crippen LogP contribution >= 0.6 is 0 Å². The van der Waals surface area contributed by atoms with Crippen molar-refractivity contribution in [2.75, 3.05) is 6.54 Å². The monoisotopic (exact) mass is 280 g/mol. The number of hydrogen-bond donors (Lipinski definition) is 1. The van der Waals surface area contributed by atoms with E-state index in [4.69, 9.17) is 4.74 Å². The third kappa shape index (κ3) is 4.17. The van der Waals surface area contributed by atoms with E-state index in [0.29, 0.717) is 12.1 Å². The van der Waals surface area contributed by atoms with Crippen molar-refractivity contribution in [2.24, 2.45) is 5.92 Å². The Morgan fingerprint density at radius 1 is 1.35 bits per heavy atom. The lowest BCUT2D eigenvalue weighted by molar-refractivity contribution is 0.124. The lowest BCUT2D eigenvalue weighted by atomic mass is 9.89. The van der Waals surface area contributed by atoms with Gasteiger partial charge in [-0.3, -0.25) is 0 Å². The smallest absolute Gasteiger partial charge is 0.250 e. The van der Waals surface area contributed by atoms with Gasteiger partial charge in [0.15, 0.2) is 5.82 Å². The van der Waals surface area contributed by atoms with Crippen LogP contribution in [0.1, 0.15) is 51.5 Å². The van der Waals surface area contributed by atoms with Crippen molar-refractivity contribution in [3.8, 4) is 5.88 Å². The number of halogens is 1. The minimum atomic E-state index is -0.310. The Hall–Kier alpha value is -1.16. The van der Waals surface area contributed by atoms with E-state index in [1.54, 1.807) is 12.3 Å². The maximum atomic E-state index is 14.3. The second-order valence-corrected chi connectivity index (χ2v) is 5.77. The molecule has 1 N–H and O–H groups in total. The highest BCUT2D eigenvalue weighted by Crippen LogP contribution is 2.28. The highest BCUT2D eigenvalue weighted by Gasteiger charge is 2.21. The molecule has 0 saturated heterocycles. The van der Waals surface area contributed by atoms with Crippen molar-refractivity contribution < 1.29 is 9.13 Å². The van der Waals surface area contributed by atoms with Gasteiger partial charge in [0.1, 0.15) is 6.10 Å². The SMILES string of the molecule is CCCNCc1ccnc(OC2CCC(C)CC2)c1F. The number of hydrogen-bond acceptors (Lipinski definition) is 3. The van der Waals surface area contributed by atoms with E-state index in [1.165, 1.54) is 0 Å². The lowest BCUT2D eigenvalue weighted by Gasteiger charge is -2.26. The van der Waals surface area contributed by atoms with Gasteiger partial charge in [-0.25, -0.2) is 9.37 Å². The molecule has 112 valence electrons. The molecule has 2 rings (SSSR count). The van der Waals surface area contributed by atoms with Gasteiger partial charge in [-0.15, -0.1) is 0 Å². The number of ether oxygens (including phenoxy) is 1. The second-order valence-electron chi connectivity index (χ2n) is 5.77. The van der Waals surface area contributed by atoms with Crippen LogP contribution in [0.3, 0.4) is 0 Å². The van der Waals surface area contributed by atoms with Gasteiger partial charge < -0.3 is 10.1 Å². The Bertz CT molecular complexity index is 417. The third-order valence-electron chi connectivity index (χ3n) is 3.92. The van der Waals surface area contributed by atoms with Crippen LogP contribution < -0.4 is 10.1 Å². The summed E-state index contributed by atoms with van der Waals surface area (Å²) in [5, 5.41) is 3.21. The molecule has 1 heterocycles. The fourth-order valence-corrected chi connectivity index (χ4v) is 2.59. The van der Waals surface area contributed by atoms with Crippen LogP contribution in [0.15, 0.2) is 12.3 Å². The summed E-state index contributed by atoms with van der Waals surface area (Å²) in [5.74, 6) is 0.618. The van der Waals surface area contributed by atoms with Gasteiger partial charge in [0.2, 0.25) is 0 Å². The summed E-state index contributed by atoms with van der Waals surface area (Å²) in [6, 6.07) is 1.72. The maximum absolute atomic E-state index is 14.3. The molecule has 0 aliphatic heterocycles. The molecule has 0 bridgehead atoms. The first-order chi connectivity index (χ1) is 9.70. The molecule has 0 unspecified atom stereocenters. The van der Waals surface area contributed by atoms with E-state index < -0.39 is 0 Å². The predicted molar refractivity (Wildman–Crippen MR) is 78.2 cm³/mol. The molecule has 1 aliphatic carbocycles. The Kier molecular flexibility index (Phi) is 5.77. The highest BCUT2D eigenvalue weighted by molar-refractivity contribution is 5.23. The maximum Gasteiger partial charge on any atom is 0.250 e. The minimum Gasteiger partial charge on any atom is -0.472 e. The summed E-state index contributed by atoms with van der Waals surface area (Å²) in [4.78, 5) is 4.06. The van der Waals surface area contributed by atoms with Crippen molar-refractivity contribution in [1.82, 2.24) is 10.3 Å². The average molecular weight is 280 g/mol. The largest absolute Gasteiger partial charge is 0.472 e. The number of aromatic nitrogens is 1. The first-order valence-electron chi connectivity index (χ1n) is 7.71. The number of rotatable bonds is 6. The van der Waals surface area contributed by atoms with Crippen molar-refractivity contribution in [3.63, 3.8) is 0 Å². The molecule has 0 radical (unpaired) electrons. The first-order valence-corrected chi connectivity index (χ1v) is 7.71. The van der Waals surface area contributed by atoms with Gasteiger partial charge in [0, 0.05) is 18.3 Å². The molecule has 1 saturated carbocycles. The summed E-state index contributed by atoms with van der Waals surface area (Å²) in [6.07, 6.45) is 7.10. The lowest BCUT2D eigenvalue weighted by Crippen LogP contribution is -2.24. The van der Waals surface area contributed by atoms with E-state index in [9.17, 15) is 4.39 Å². The average Bonchev–Trinajstić information content (AvgIpc) is 2.45. The van der Waals surface area contributed by atoms with Gasteiger partial charge in [0.25, 0.3) is 5.88 Å². The van der Waals surface area contributed by atoms with E-state index >= 15 is 0 Å². The molecule has 20 heavy (non-hydrogen) atoms. The third-order valence-corrected chi connectivity index (χ3v) is 3.92. The van der Waals surface area contributed by atoms with Crippen LogP contribution in [0.25, 0.3) is 0 Å². The van der Waals surface area contributed by atoms with Gasteiger partial charge in [0.05, 0.1) is 0 Å². The van der Waals surface area contributed by atoms with Crippen LogP contribution in [0.4, 0.5) is 4.39 Å². The second kappa shape index (κ2) is 7.58. The summed E-state index contributed by atoms with van der Waals surface area (Å²) in [5.41, 5.74) is 0.632. The molecular formula is C16H25FN2O. The summed E-state index contributed by atoms with van der Waals surface area (Å²) >= 11 is 0. The van der Waals surface area contributed by atoms with E-state index in [1.807, 2.05) is 0 Å². The summed E-state index contributed by atoms with van der Waals surface area (Å²) in [7, 11) is 0. The van der Waals surface area contributed by atoms with Crippen molar-refractivity contribution in [2.45, 2.75) is 58.6 Å². The molecule has 1 aromatic rings. The van der Waals surface area contributed by atoms with Crippen molar-refractivity contribution in [3.05, 3.63) is 23.6 Å².